The summed E-state index contributed by atoms with van der Waals surface area (Å²) >= 11 is 0. The van der Waals surface area contributed by atoms with E-state index < -0.39 is 59.8 Å². The number of ether oxygens (including phenoxy) is 5. The number of carbonyl (C=O) groups excluding carboxylic acids is 4. The Morgan fingerprint density at radius 3 is 2.53 bits per heavy atom. The van der Waals surface area contributed by atoms with E-state index in [1.807, 2.05) is 6.92 Å². The first-order chi connectivity index (χ1) is 15.0. The van der Waals surface area contributed by atoms with Gasteiger partial charge in [-0.15, -0.1) is 0 Å². The van der Waals surface area contributed by atoms with Crippen molar-refractivity contribution >= 4 is 23.9 Å². The van der Waals surface area contributed by atoms with Crippen LogP contribution in [0, 0.1) is 5.92 Å². The van der Waals surface area contributed by atoms with Crippen LogP contribution in [0.25, 0.3) is 0 Å². The van der Waals surface area contributed by atoms with Crippen LogP contribution in [0.2, 0.25) is 0 Å². The summed E-state index contributed by atoms with van der Waals surface area (Å²) in [5.74, 6) is -3.71. The van der Waals surface area contributed by atoms with Crippen molar-refractivity contribution in [2.75, 3.05) is 7.11 Å². The summed E-state index contributed by atoms with van der Waals surface area (Å²) in [6.45, 7) is 10.1. The molecule has 0 amide bonds. The molecule has 0 aromatic carbocycles. The van der Waals surface area contributed by atoms with E-state index in [2.05, 4.69) is 6.58 Å². The number of methoxy groups -OCH3 is 1. The van der Waals surface area contributed by atoms with Crippen molar-refractivity contribution < 1.29 is 42.9 Å². The first-order valence-corrected chi connectivity index (χ1v) is 10.4. The molecule has 9 nitrogen and oxygen atoms in total. The van der Waals surface area contributed by atoms with Crippen LogP contribution in [-0.4, -0.2) is 61.0 Å². The Bertz CT molecular complexity index is 914. The SMILES string of the molecule is C=C1C(=O)O[C@H]2[C@H]1[C@@H](OC(=O)/C(C)=C\C)C(OC(C)=O)/C(C(=O)OC)=C\CC[C@@]1(C)O[C@H]21. The Morgan fingerprint density at radius 1 is 1.25 bits per heavy atom. The summed E-state index contributed by atoms with van der Waals surface area (Å²) < 4.78 is 27.6. The highest BCUT2D eigenvalue weighted by Crippen LogP contribution is 2.50. The Hall–Kier alpha value is -2.94. The van der Waals surface area contributed by atoms with Crippen LogP contribution in [-0.2, 0) is 42.9 Å². The summed E-state index contributed by atoms with van der Waals surface area (Å²) in [6, 6.07) is 0. The number of epoxide rings is 1. The highest BCUT2D eigenvalue weighted by atomic mass is 16.7. The van der Waals surface area contributed by atoms with Gasteiger partial charge in [0.05, 0.1) is 24.2 Å². The van der Waals surface area contributed by atoms with Crippen LogP contribution in [0.15, 0.2) is 35.5 Å². The zero-order valence-corrected chi connectivity index (χ0v) is 18.8. The molecule has 0 spiro atoms. The lowest BCUT2D eigenvalue weighted by Crippen LogP contribution is -2.48. The average Bonchev–Trinajstić information content (AvgIpc) is 3.33. The van der Waals surface area contributed by atoms with Gasteiger partial charge in [0, 0.05) is 18.1 Å². The lowest BCUT2D eigenvalue weighted by Gasteiger charge is -2.33. The molecule has 0 aromatic heterocycles. The van der Waals surface area contributed by atoms with Gasteiger partial charge in [0.25, 0.3) is 0 Å². The van der Waals surface area contributed by atoms with Crippen molar-refractivity contribution in [3.63, 3.8) is 0 Å². The van der Waals surface area contributed by atoms with Crippen LogP contribution in [0.3, 0.4) is 0 Å². The van der Waals surface area contributed by atoms with Crippen LogP contribution in [0.4, 0.5) is 0 Å². The third-order valence-corrected chi connectivity index (χ3v) is 6.18. The van der Waals surface area contributed by atoms with Crippen molar-refractivity contribution in [2.45, 2.75) is 70.6 Å². The first kappa shape index (κ1) is 23.7. The number of fused-ring (bicyclic) bond motifs is 3. The van der Waals surface area contributed by atoms with Gasteiger partial charge < -0.3 is 23.7 Å². The molecule has 1 aliphatic carbocycles. The second kappa shape index (κ2) is 8.90. The van der Waals surface area contributed by atoms with Gasteiger partial charge in [0.15, 0.2) is 12.2 Å². The Morgan fingerprint density at radius 2 is 1.94 bits per heavy atom. The van der Waals surface area contributed by atoms with E-state index in [4.69, 9.17) is 23.7 Å². The normalized spacial score (nSPS) is 36.0. The molecular formula is C23H28O9. The van der Waals surface area contributed by atoms with Gasteiger partial charge in [-0.05, 0) is 33.6 Å². The molecule has 2 aliphatic heterocycles. The fraction of sp³-hybridized carbons (Fsp3) is 0.565. The fourth-order valence-electron chi connectivity index (χ4n) is 4.21. The molecule has 0 aromatic rings. The van der Waals surface area contributed by atoms with Gasteiger partial charge in [-0.3, -0.25) is 4.79 Å². The van der Waals surface area contributed by atoms with Crippen molar-refractivity contribution in [1.29, 1.82) is 0 Å². The third kappa shape index (κ3) is 4.34. The highest BCUT2D eigenvalue weighted by Gasteiger charge is 2.64. The van der Waals surface area contributed by atoms with Gasteiger partial charge in [0.1, 0.15) is 12.2 Å². The average molecular weight is 448 g/mol. The molecule has 0 bridgehead atoms. The molecule has 2 heterocycles. The quantitative estimate of drug-likeness (QED) is 0.275. The summed E-state index contributed by atoms with van der Waals surface area (Å²) in [5, 5.41) is 0. The molecule has 9 heteroatoms. The maximum absolute atomic E-state index is 12.8. The number of allylic oxidation sites excluding steroid dienone is 2. The summed E-state index contributed by atoms with van der Waals surface area (Å²) in [5.41, 5.74) is -0.238. The molecule has 174 valence electrons. The zero-order valence-electron chi connectivity index (χ0n) is 18.8. The van der Waals surface area contributed by atoms with Gasteiger partial charge in [-0.2, -0.15) is 0 Å². The number of rotatable bonds is 4. The summed E-state index contributed by atoms with van der Waals surface area (Å²) in [6.07, 6.45) is 0.190. The second-order valence-corrected chi connectivity index (χ2v) is 8.33. The molecule has 0 radical (unpaired) electrons. The minimum Gasteiger partial charge on any atom is -0.466 e. The van der Waals surface area contributed by atoms with Crippen LogP contribution >= 0.6 is 0 Å². The monoisotopic (exact) mass is 448 g/mol. The van der Waals surface area contributed by atoms with Gasteiger partial charge in [-0.25, -0.2) is 14.4 Å². The molecule has 6 atom stereocenters. The lowest BCUT2D eigenvalue weighted by atomic mass is 9.80. The number of hydrogen-bond acceptors (Lipinski definition) is 9. The van der Waals surface area contributed by atoms with Crippen molar-refractivity contribution in [1.82, 2.24) is 0 Å². The van der Waals surface area contributed by atoms with Gasteiger partial charge in [-0.1, -0.05) is 18.7 Å². The van der Waals surface area contributed by atoms with Crippen LogP contribution < -0.4 is 0 Å². The van der Waals surface area contributed by atoms with Crippen LogP contribution in [0.5, 0.6) is 0 Å². The predicted molar refractivity (Wildman–Crippen MR) is 110 cm³/mol. The topological polar surface area (TPSA) is 118 Å². The third-order valence-electron chi connectivity index (χ3n) is 6.18. The van der Waals surface area contributed by atoms with Crippen molar-refractivity contribution in [3.8, 4) is 0 Å². The van der Waals surface area contributed by atoms with E-state index in [1.54, 1.807) is 26.0 Å². The molecule has 32 heavy (non-hydrogen) atoms. The lowest BCUT2D eigenvalue weighted by molar-refractivity contribution is -0.168. The van der Waals surface area contributed by atoms with Crippen molar-refractivity contribution in [2.24, 2.45) is 5.92 Å². The molecule has 3 aliphatic rings. The van der Waals surface area contributed by atoms with Gasteiger partial charge >= 0.3 is 23.9 Å². The smallest absolute Gasteiger partial charge is 0.337 e. The largest absolute Gasteiger partial charge is 0.466 e. The fourth-order valence-corrected chi connectivity index (χ4v) is 4.21. The van der Waals surface area contributed by atoms with E-state index in [-0.39, 0.29) is 11.1 Å². The maximum Gasteiger partial charge on any atom is 0.337 e. The Labute approximate surface area is 186 Å². The highest BCUT2D eigenvalue weighted by molar-refractivity contribution is 5.93. The molecule has 0 N–H and O–H groups in total. The van der Waals surface area contributed by atoms with E-state index in [0.29, 0.717) is 18.4 Å². The second-order valence-electron chi connectivity index (χ2n) is 8.33. The van der Waals surface area contributed by atoms with E-state index >= 15 is 0 Å². The maximum atomic E-state index is 12.8. The van der Waals surface area contributed by atoms with Gasteiger partial charge in [0.2, 0.25) is 0 Å². The minimum absolute atomic E-state index is 0.00669. The zero-order chi connectivity index (χ0) is 23.8. The van der Waals surface area contributed by atoms with E-state index in [0.717, 1.165) is 0 Å². The predicted octanol–water partition coefficient (Wildman–Crippen LogP) is 1.94. The van der Waals surface area contributed by atoms with Crippen LogP contribution in [0.1, 0.15) is 40.5 Å². The Balaban J connectivity index is 2.17. The molecule has 3 rings (SSSR count). The van der Waals surface area contributed by atoms with E-state index in [1.165, 1.54) is 14.0 Å². The molecule has 2 saturated heterocycles. The number of carbonyl (C=O) groups is 4. The summed E-state index contributed by atoms with van der Waals surface area (Å²) in [4.78, 5) is 49.9. The number of esters is 4. The van der Waals surface area contributed by atoms with Crippen molar-refractivity contribution in [3.05, 3.63) is 35.5 Å². The molecule has 0 saturated carbocycles. The molecular weight excluding hydrogens is 420 g/mol. The Kier molecular flexibility index (Phi) is 6.59. The number of hydrogen-bond donors (Lipinski definition) is 0. The molecule has 1 unspecified atom stereocenters. The minimum atomic E-state index is -1.34. The van der Waals surface area contributed by atoms with E-state index in [9.17, 15) is 19.2 Å². The standard InChI is InChI=1S/C23H28O9/c1-7-11(2)20(25)30-17-15-12(3)21(26)31-18(15)19-23(5,32-19)10-8-9-14(22(27)28-6)16(17)29-13(4)24/h7,9,15-19H,3,8,10H2,1-2,4-6H3/b11-7-,14-9+/t15-,16?,17-,18+,19-,23-/m1/s1. The summed E-state index contributed by atoms with van der Waals surface area (Å²) in [7, 11) is 1.20. The first-order valence-electron chi connectivity index (χ1n) is 10.4. The molecule has 2 fully saturated rings.